The molecule has 392 valence electrons. The summed E-state index contributed by atoms with van der Waals surface area (Å²) in [5.41, 5.74) is 0. The van der Waals surface area contributed by atoms with Crippen LogP contribution >= 0.6 is 0 Å². The molecule has 7 atom stereocenters. The van der Waals surface area contributed by atoms with E-state index in [-0.39, 0.29) is 12.5 Å². The van der Waals surface area contributed by atoms with E-state index in [0.29, 0.717) is 6.42 Å². The zero-order valence-electron chi connectivity index (χ0n) is 43.4. The number of rotatable bonds is 48. The molecule has 1 aliphatic heterocycles. The van der Waals surface area contributed by atoms with E-state index in [0.717, 1.165) is 64.2 Å². The van der Waals surface area contributed by atoms with Gasteiger partial charge in [-0.1, -0.05) is 249 Å². The van der Waals surface area contributed by atoms with Crippen LogP contribution in [0.15, 0.2) is 48.6 Å². The van der Waals surface area contributed by atoms with Crippen molar-refractivity contribution in [3.05, 3.63) is 48.6 Å². The van der Waals surface area contributed by atoms with Crippen molar-refractivity contribution in [3.8, 4) is 0 Å². The Labute approximate surface area is 412 Å². The van der Waals surface area contributed by atoms with Crippen molar-refractivity contribution in [1.29, 1.82) is 0 Å². The summed E-state index contributed by atoms with van der Waals surface area (Å²) >= 11 is 0. The molecule has 0 radical (unpaired) electrons. The van der Waals surface area contributed by atoms with Gasteiger partial charge in [0.15, 0.2) is 6.29 Å². The quantitative estimate of drug-likeness (QED) is 0.0261. The molecule has 1 rings (SSSR count). The molecule has 6 N–H and O–H groups in total. The van der Waals surface area contributed by atoms with Gasteiger partial charge >= 0.3 is 0 Å². The predicted molar refractivity (Wildman–Crippen MR) is 281 cm³/mol. The minimum atomic E-state index is -1.57. The van der Waals surface area contributed by atoms with Crippen LogP contribution in [0, 0.1) is 0 Å². The van der Waals surface area contributed by atoms with Crippen molar-refractivity contribution in [3.63, 3.8) is 0 Å². The first kappa shape index (κ1) is 63.2. The van der Waals surface area contributed by atoms with Gasteiger partial charge in [-0.2, -0.15) is 0 Å². The average Bonchev–Trinajstić information content (AvgIpc) is 3.33. The van der Waals surface area contributed by atoms with Crippen LogP contribution in [0.25, 0.3) is 0 Å². The fourth-order valence-corrected chi connectivity index (χ4v) is 8.94. The van der Waals surface area contributed by atoms with Crippen LogP contribution in [-0.2, 0) is 14.3 Å². The fourth-order valence-electron chi connectivity index (χ4n) is 8.94. The minimum Gasteiger partial charge on any atom is -0.394 e. The molecule has 1 heterocycles. The number of nitrogens with one attached hydrogen (secondary N) is 1. The lowest BCUT2D eigenvalue weighted by atomic mass is 9.99. The molecule has 0 bridgehead atoms. The number of allylic oxidation sites excluding steroid dienone is 7. The van der Waals surface area contributed by atoms with E-state index in [4.69, 9.17) is 9.47 Å². The average molecular weight is 946 g/mol. The standard InChI is InChI=1S/C58H107NO8/c1-3-5-7-9-11-13-15-17-18-19-20-21-22-23-24-25-26-27-28-29-30-31-32-33-34-36-37-39-41-43-45-47-52(61)51(50-66-58-57(65)56(64)55(63)53(49-60)67-58)59-54(62)48-46-44-42-40-38-35-16-14-12-10-8-6-4-2/h6,8,12,14,35,38,45,47,51-53,55-58,60-61,63-65H,3-5,7,9-11,13,15-34,36-37,39-44,46,48-50H2,1-2H3,(H,59,62)/b8-6-,14-12-,38-35-,47-45+. The van der Waals surface area contributed by atoms with Gasteiger partial charge in [0.1, 0.15) is 24.4 Å². The predicted octanol–water partition coefficient (Wildman–Crippen LogP) is 13.7. The van der Waals surface area contributed by atoms with Crippen LogP contribution in [0.5, 0.6) is 0 Å². The lowest BCUT2D eigenvalue weighted by Crippen LogP contribution is -2.60. The van der Waals surface area contributed by atoms with Crippen molar-refractivity contribution in [2.24, 2.45) is 0 Å². The lowest BCUT2D eigenvalue weighted by molar-refractivity contribution is -0.302. The van der Waals surface area contributed by atoms with Gasteiger partial charge in [-0.3, -0.25) is 4.79 Å². The second kappa shape index (κ2) is 47.8. The van der Waals surface area contributed by atoms with Crippen molar-refractivity contribution < 1.29 is 39.8 Å². The third-order valence-electron chi connectivity index (χ3n) is 13.4. The first-order valence-corrected chi connectivity index (χ1v) is 28.4. The molecule has 9 nitrogen and oxygen atoms in total. The van der Waals surface area contributed by atoms with E-state index in [2.05, 4.69) is 55.6 Å². The topological polar surface area (TPSA) is 149 Å². The lowest BCUT2D eigenvalue weighted by Gasteiger charge is -2.40. The molecule has 0 aromatic heterocycles. The summed E-state index contributed by atoms with van der Waals surface area (Å²) in [6.45, 7) is 3.66. The monoisotopic (exact) mass is 946 g/mol. The molecule has 1 amide bonds. The van der Waals surface area contributed by atoms with Crippen LogP contribution in [0.3, 0.4) is 0 Å². The summed E-state index contributed by atoms with van der Waals surface area (Å²) < 4.78 is 11.2. The Bertz CT molecular complexity index is 1190. The number of carbonyl (C=O) groups is 1. The zero-order chi connectivity index (χ0) is 48.7. The smallest absolute Gasteiger partial charge is 0.220 e. The van der Waals surface area contributed by atoms with Crippen LogP contribution in [-0.4, -0.2) is 87.5 Å². The SMILES string of the molecule is CC/C=C\C/C=C\C/C=C\CCCCCC(=O)NC(COC1OC(CO)C(O)C(O)C1O)C(O)/C=C/CCCCCCCCCCCCCCCCCCCCCCCCCCCCCCC. The molecule has 67 heavy (non-hydrogen) atoms. The second-order valence-electron chi connectivity index (χ2n) is 19.7. The van der Waals surface area contributed by atoms with Crippen molar-refractivity contribution >= 4 is 5.91 Å². The van der Waals surface area contributed by atoms with Gasteiger partial charge in [-0.05, 0) is 51.4 Å². The second-order valence-corrected chi connectivity index (χ2v) is 19.7. The van der Waals surface area contributed by atoms with Crippen LogP contribution < -0.4 is 5.32 Å². The van der Waals surface area contributed by atoms with Gasteiger partial charge in [0, 0.05) is 6.42 Å². The van der Waals surface area contributed by atoms with E-state index in [1.807, 2.05) is 6.08 Å². The Hall–Kier alpha value is -1.85. The van der Waals surface area contributed by atoms with Crippen LogP contribution in [0.1, 0.15) is 258 Å². The van der Waals surface area contributed by atoms with E-state index < -0.39 is 49.5 Å². The largest absolute Gasteiger partial charge is 0.394 e. The highest BCUT2D eigenvalue weighted by Crippen LogP contribution is 2.23. The normalized spacial score (nSPS) is 20.0. The Morgan fingerprint density at radius 1 is 0.522 bits per heavy atom. The summed E-state index contributed by atoms with van der Waals surface area (Å²) in [6, 6.07) is -0.821. The van der Waals surface area contributed by atoms with E-state index >= 15 is 0 Å². The van der Waals surface area contributed by atoms with Gasteiger partial charge in [0.05, 0.1) is 25.4 Å². The number of amides is 1. The van der Waals surface area contributed by atoms with Crippen molar-refractivity contribution in [1.82, 2.24) is 5.32 Å². The fraction of sp³-hybridized carbons (Fsp3) is 0.845. The van der Waals surface area contributed by atoms with Gasteiger partial charge < -0.3 is 40.3 Å². The number of aliphatic hydroxyl groups excluding tert-OH is 5. The molecule has 0 spiro atoms. The Balaban J connectivity index is 2.16. The van der Waals surface area contributed by atoms with Gasteiger partial charge in [0.25, 0.3) is 0 Å². The molecule has 7 unspecified atom stereocenters. The third-order valence-corrected chi connectivity index (χ3v) is 13.4. The van der Waals surface area contributed by atoms with Crippen LogP contribution in [0.4, 0.5) is 0 Å². The number of hydrogen-bond acceptors (Lipinski definition) is 8. The minimum absolute atomic E-state index is 0.201. The molecule has 0 saturated carbocycles. The summed E-state index contributed by atoms with van der Waals surface area (Å²) in [5.74, 6) is -0.205. The van der Waals surface area contributed by atoms with Crippen molar-refractivity contribution in [2.75, 3.05) is 13.2 Å². The highest BCUT2D eigenvalue weighted by molar-refractivity contribution is 5.76. The number of ether oxygens (including phenoxy) is 2. The molecule has 1 fully saturated rings. The maximum Gasteiger partial charge on any atom is 0.220 e. The number of carbonyl (C=O) groups excluding carboxylic acids is 1. The molecular weight excluding hydrogens is 839 g/mol. The van der Waals surface area contributed by atoms with Crippen molar-refractivity contribution in [2.45, 2.75) is 301 Å². The Morgan fingerprint density at radius 2 is 0.925 bits per heavy atom. The zero-order valence-corrected chi connectivity index (χ0v) is 43.4. The van der Waals surface area contributed by atoms with E-state index in [1.54, 1.807) is 6.08 Å². The first-order chi connectivity index (χ1) is 32.8. The number of aliphatic hydroxyl groups is 5. The number of hydrogen-bond donors (Lipinski definition) is 6. The summed E-state index contributed by atoms with van der Waals surface area (Å²) in [7, 11) is 0. The summed E-state index contributed by atoms with van der Waals surface area (Å²) in [4.78, 5) is 13.0. The van der Waals surface area contributed by atoms with E-state index in [9.17, 15) is 30.3 Å². The molecule has 0 aromatic rings. The maximum atomic E-state index is 13.0. The van der Waals surface area contributed by atoms with Gasteiger partial charge in [0.2, 0.25) is 5.91 Å². The Kier molecular flexibility index (Phi) is 45.1. The molecule has 1 saturated heterocycles. The third kappa shape index (κ3) is 37.6. The highest BCUT2D eigenvalue weighted by atomic mass is 16.7. The number of unbranched alkanes of at least 4 members (excludes halogenated alkanes) is 32. The molecular formula is C58H107NO8. The van der Waals surface area contributed by atoms with Crippen LogP contribution in [0.2, 0.25) is 0 Å². The summed E-state index contributed by atoms with van der Waals surface area (Å²) in [6.07, 6.45) is 56.3. The Morgan fingerprint density at radius 3 is 1.37 bits per heavy atom. The van der Waals surface area contributed by atoms with Gasteiger partial charge in [-0.25, -0.2) is 0 Å². The summed E-state index contributed by atoms with van der Waals surface area (Å²) in [5, 5.41) is 54.4. The maximum absolute atomic E-state index is 13.0. The molecule has 1 aliphatic rings. The molecule has 9 heteroatoms. The molecule has 0 aliphatic carbocycles. The highest BCUT2D eigenvalue weighted by Gasteiger charge is 2.44. The first-order valence-electron chi connectivity index (χ1n) is 28.4. The van der Waals surface area contributed by atoms with E-state index in [1.165, 1.54) is 173 Å². The van der Waals surface area contributed by atoms with Gasteiger partial charge in [-0.15, -0.1) is 0 Å². The molecule has 0 aromatic carbocycles.